The Bertz CT molecular complexity index is 396. The van der Waals surface area contributed by atoms with Crippen LogP contribution >= 0.6 is 11.6 Å². The van der Waals surface area contributed by atoms with Crippen LogP contribution in [0.2, 0.25) is 5.02 Å². The monoisotopic (exact) mass is 281 g/mol. The second kappa shape index (κ2) is 6.74. The topological polar surface area (TPSA) is 21.3 Å². The van der Waals surface area contributed by atoms with Gasteiger partial charge in [-0.3, -0.25) is 0 Å². The normalized spacial score (nSPS) is 20.2. The van der Waals surface area contributed by atoms with Crippen molar-refractivity contribution in [1.82, 2.24) is 5.32 Å². The third-order valence-electron chi connectivity index (χ3n) is 4.16. The van der Waals surface area contributed by atoms with E-state index in [2.05, 4.69) is 18.3 Å². The third-order valence-corrected chi connectivity index (χ3v) is 4.51. The van der Waals surface area contributed by atoms with Crippen LogP contribution < -0.4 is 5.32 Å². The standard InChI is InChI=1S/C16H24ClNO/c1-3-19-16(11-7-4-8-12-16)15(18-2)13-9-5-6-10-14(13)17/h5-6,9-10,15,18H,3-4,7-8,11-12H2,1-2H3. The zero-order chi connectivity index (χ0) is 13.7. The number of halogens is 1. The number of likely N-dealkylation sites (N-methyl/N-ethyl adjacent to an activating group) is 1. The first-order valence-electron chi connectivity index (χ1n) is 7.29. The average Bonchev–Trinajstić information content (AvgIpc) is 2.43. The Morgan fingerprint density at radius 1 is 1.26 bits per heavy atom. The van der Waals surface area contributed by atoms with E-state index in [1.807, 2.05) is 25.2 Å². The molecule has 0 aliphatic heterocycles. The summed E-state index contributed by atoms with van der Waals surface area (Å²) in [6, 6.07) is 8.27. The quantitative estimate of drug-likeness (QED) is 0.867. The summed E-state index contributed by atoms with van der Waals surface area (Å²) in [7, 11) is 2.00. The van der Waals surface area contributed by atoms with Gasteiger partial charge in [-0.1, -0.05) is 49.1 Å². The maximum atomic E-state index is 6.38. The minimum absolute atomic E-state index is 0.104. The van der Waals surface area contributed by atoms with E-state index >= 15 is 0 Å². The molecule has 1 atom stereocenters. The molecule has 0 bridgehead atoms. The number of hydrogen-bond acceptors (Lipinski definition) is 2. The lowest BCUT2D eigenvalue weighted by Crippen LogP contribution is -2.46. The fraction of sp³-hybridized carbons (Fsp3) is 0.625. The molecule has 1 saturated carbocycles. The number of benzene rings is 1. The average molecular weight is 282 g/mol. The second-order valence-electron chi connectivity index (χ2n) is 5.30. The van der Waals surface area contributed by atoms with Gasteiger partial charge >= 0.3 is 0 Å². The van der Waals surface area contributed by atoms with Crippen LogP contribution in [-0.2, 0) is 4.74 Å². The van der Waals surface area contributed by atoms with Crippen LogP contribution in [-0.4, -0.2) is 19.3 Å². The van der Waals surface area contributed by atoms with Gasteiger partial charge in [-0.05, 0) is 38.4 Å². The number of hydrogen-bond donors (Lipinski definition) is 1. The Morgan fingerprint density at radius 2 is 1.95 bits per heavy atom. The maximum absolute atomic E-state index is 6.38. The summed E-state index contributed by atoms with van der Waals surface area (Å²) in [5.41, 5.74) is 1.05. The first-order valence-corrected chi connectivity index (χ1v) is 7.67. The molecule has 0 amide bonds. The molecule has 3 heteroatoms. The van der Waals surface area contributed by atoms with E-state index in [0.717, 1.165) is 30.0 Å². The molecular formula is C16H24ClNO. The predicted octanol–water partition coefficient (Wildman–Crippen LogP) is 4.34. The van der Waals surface area contributed by atoms with Gasteiger partial charge < -0.3 is 10.1 Å². The van der Waals surface area contributed by atoms with E-state index < -0.39 is 0 Å². The van der Waals surface area contributed by atoms with Crippen molar-refractivity contribution in [3.8, 4) is 0 Å². The molecule has 0 saturated heterocycles. The van der Waals surface area contributed by atoms with Gasteiger partial charge in [0.2, 0.25) is 0 Å². The largest absolute Gasteiger partial charge is 0.373 e. The van der Waals surface area contributed by atoms with Gasteiger partial charge in [-0.25, -0.2) is 0 Å². The van der Waals surface area contributed by atoms with Gasteiger partial charge in [0.25, 0.3) is 0 Å². The lowest BCUT2D eigenvalue weighted by atomic mass is 9.76. The zero-order valence-electron chi connectivity index (χ0n) is 11.9. The lowest BCUT2D eigenvalue weighted by molar-refractivity contribution is -0.0898. The Balaban J connectivity index is 2.34. The molecular weight excluding hydrogens is 258 g/mol. The summed E-state index contributed by atoms with van der Waals surface area (Å²) in [6.07, 6.45) is 6.01. The summed E-state index contributed by atoms with van der Waals surface area (Å²) in [6.45, 7) is 2.83. The summed E-state index contributed by atoms with van der Waals surface area (Å²) in [4.78, 5) is 0. The molecule has 1 aliphatic rings. The Morgan fingerprint density at radius 3 is 2.53 bits per heavy atom. The molecule has 19 heavy (non-hydrogen) atoms. The summed E-state index contributed by atoms with van der Waals surface area (Å²) in [5, 5.41) is 4.27. The van der Waals surface area contributed by atoms with Crippen LogP contribution in [0, 0.1) is 0 Å². The summed E-state index contributed by atoms with van der Waals surface area (Å²) >= 11 is 6.38. The molecule has 0 radical (unpaired) electrons. The van der Waals surface area contributed by atoms with Gasteiger partial charge in [0.15, 0.2) is 0 Å². The van der Waals surface area contributed by atoms with Crippen molar-refractivity contribution in [2.45, 2.75) is 50.7 Å². The van der Waals surface area contributed by atoms with Crippen molar-refractivity contribution in [1.29, 1.82) is 0 Å². The molecule has 1 aliphatic carbocycles. The molecule has 1 aromatic rings. The van der Waals surface area contributed by atoms with Gasteiger partial charge in [-0.2, -0.15) is 0 Å². The number of rotatable bonds is 5. The highest BCUT2D eigenvalue weighted by Crippen LogP contribution is 2.43. The molecule has 0 spiro atoms. The highest BCUT2D eigenvalue weighted by Gasteiger charge is 2.41. The van der Waals surface area contributed by atoms with Crippen LogP contribution in [0.4, 0.5) is 0 Å². The molecule has 0 aromatic heterocycles. The zero-order valence-corrected chi connectivity index (χ0v) is 12.7. The molecule has 1 aromatic carbocycles. The Kier molecular flexibility index (Phi) is 5.26. The molecule has 0 heterocycles. The number of nitrogens with one attached hydrogen (secondary N) is 1. The van der Waals surface area contributed by atoms with Gasteiger partial charge in [0, 0.05) is 11.6 Å². The van der Waals surface area contributed by atoms with Crippen LogP contribution in [0.15, 0.2) is 24.3 Å². The van der Waals surface area contributed by atoms with Crippen molar-refractivity contribution < 1.29 is 4.74 Å². The SMILES string of the molecule is CCOC1(C(NC)c2ccccc2Cl)CCCCC1. The van der Waals surface area contributed by atoms with Crippen LogP contribution in [0.3, 0.4) is 0 Å². The van der Waals surface area contributed by atoms with E-state index in [-0.39, 0.29) is 11.6 Å². The summed E-state index contributed by atoms with van der Waals surface area (Å²) in [5.74, 6) is 0. The highest BCUT2D eigenvalue weighted by atomic mass is 35.5. The second-order valence-corrected chi connectivity index (χ2v) is 5.71. The molecule has 2 rings (SSSR count). The molecule has 1 fully saturated rings. The van der Waals surface area contributed by atoms with Crippen LogP contribution in [0.5, 0.6) is 0 Å². The van der Waals surface area contributed by atoms with E-state index in [9.17, 15) is 0 Å². The summed E-state index contributed by atoms with van der Waals surface area (Å²) < 4.78 is 6.21. The fourth-order valence-corrected chi connectivity index (χ4v) is 3.61. The van der Waals surface area contributed by atoms with Crippen molar-refractivity contribution in [2.24, 2.45) is 0 Å². The van der Waals surface area contributed by atoms with Crippen molar-refractivity contribution in [3.63, 3.8) is 0 Å². The first-order chi connectivity index (χ1) is 9.23. The number of ether oxygens (including phenoxy) is 1. The molecule has 106 valence electrons. The smallest absolute Gasteiger partial charge is 0.0876 e. The van der Waals surface area contributed by atoms with Crippen molar-refractivity contribution in [3.05, 3.63) is 34.9 Å². The third kappa shape index (κ3) is 3.13. The van der Waals surface area contributed by atoms with E-state index in [1.165, 1.54) is 19.3 Å². The van der Waals surface area contributed by atoms with E-state index in [4.69, 9.17) is 16.3 Å². The molecule has 1 N–H and O–H groups in total. The predicted molar refractivity (Wildman–Crippen MR) is 80.7 cm³/mol. The van der Waals surface area contributed by atoms with E-state index in [0.29, 0.717) is 0 Å². The van der Waals surface area contributed by atoms with Gasteiger partial charge in [-0.15, -0.1) is 0 Å². The lowest BCUT2D eigenvalue weighted by Gasteiger charge is -2.43. The van der Waals surface area contributed by atoms with Crippen LogP contribution in [0.25, 0.3) is 0 Å². The van der Waals surface area contributed by atoms with E-state index in [1.54, 1.807) is 0 Å². The van der Waals surface area contributed by atoms with Gasteiger partial charge in [0.1, 0.15) is 0 Å². The van der Waals surface area contributed by atoms with Crippen molar-refractivity contribution >= 4 is 11.6 Å². The molecule has 2 nitrogen and oxygen atoms in total. The Labute approximate surface area is 121 Å². The molecule has 1 unspecified atom stereocenters. The Hall–Kier alpha value is -0.570. The maximum Gasteiger partial charge on any atom is 0.0876 e. The van der Waals surface area contributed by atoms with Crippen LogP contribution in [0.1, 0.15) is 50.6 Å². The highest BCUT2D eigenvalue weighted by molar-refractivity contribution is 6.31. The minimum Gasteiger partial charge on any atom is -0.373 e. The van der Waals surface area contributed by atoms with Gasteiger partial charge in [0.05, 0.1) is 11.6 Å². The fourth-order valence-electron chi connectivity index (χ4n) is 3.37. The van der Waals surface area contributed by atoms with Crippen molar-refractivity contribution in [2.75, 3.05) is 13.7 Å². The minimum atomic E-state index is -0.104. The first kappa shape index (κ1) is 14.8.